The third-order valence-corrected chi connectivity index (χ3v) is 3.17. The molecule has 0 spiro atoms. The van der Waals surface area contributed by atoms with Crippen molar-refractivity contribution in [2.75, 3.05) is 0 Å². The number of aryl methyl sites for hydroxylation is 2. The topological polar surface area (TPSA) is 58.2 Å². The van der Waals surface area contributed by atoms with E-state index in [2.05, 4.69) is 16.9 Å². The van der Waals surface area contributed by atoms with Gasteiger partial charge in [0.1, 0.15) is 0 Å². The van der Waals surface area contributed by atoms with Crippen molar-refractivity contribution < 1.29 is 9.59 Å². The number of carbonyl (C=O) groups excluding carboxylic acids is 2. The summed E-state index contributed by atoms with van der Waals surface area (Å²) in [5.41, 5.74) is 8.45. The van der Waals surface area contributed by atoms with Crippen molar-refractivity contribution in [2.45, 2.75) is 13.8 Å². The fourth-order valence-electron chi connectivity index (χ4n) is 2.00. The molecule has 4 heteroatoms. The number of benzene rings is 2. The largest absolute Gasteiger partial charge is 0.269 e. The normalized spacial score (nSPS) is 10.5. The van der Waals surface area contributed by atoms with Crippen LogP contribution >= 0.6 is 0 Å². The van der Waals surface area contributed by atoms with Crippen LogP contribution < -0.4 is 10.9 Å². The lowest BCUT2D eigenvalue weighted by Crippen LogP contribution is -2.40. The molecule has 0 radical (unpaired) electrons. The maximum atomic E-state index is 11.8. The van der Waals surface area contributed by atoms with Gasteiger partial charge in [0.2, 0.25) is 0 Å². The van der Waals surface area contributed by atoms with Gasteiger partial charge in [-0.1, -0.05) is 42.0 Å². The van der Waals surface area contributed by atoms with Gasteiger partial charge in [0.15, 0.2) is 0 Å². The van der Waals surface area contributed by atoms with Gasteiger partial charge >= 0.3 is 0 Å². The van der Waals surface area contributed by atoms with Crippen LogP contribution in [0.5, 0.6) is 0 Å². The van der Waals surface area contributed by atoms with Gasteiger partial charge in [0.25, 0.3) is 11.8 Å². The van der Waals surface area contributed by atoms with Crippen LogP contribution in [0, 0.1) is 13.8 Å². The van der Waals surface area contributed by atoms with E-state index in [1.165, 1.54) is 11.6 Å². The molecule has 0 bridgehead atoms. The number of hydrogen-bond donors (Lipinski definition) is 2. The second kappa shape index (κ2) is 7.22. The molecule has 2 N–H and O–H groups in total. The van der Waals surface area contributed by atoms with Crippen molar-refractivity contribution in [3.8, 4) is 0 Å². The molecule has 2 aromatic carbocycles. The van der Waals surface area contributed by atoms with Crippen LogP contribution in [0.3, 0.4) is 0 Å². The van der Waals surface area contributed by atoms with Crippen molar-refractivity contribution in [2.24, 2.45) is 0 Å². The Morgan fingerprint density at radius 1 is 0.955 bits per heavy atom. The van der Waals surface area contributed by atoms with Crippen molar-refractivity contribution in [1.82, 2.24) is 10.9 Å². The predicted octanol–water partition coefficient (Wildman–Crippen LogP) is 2.78. The Balaban J connectivity index is 1.90. The number of nitrogens with one attached hydrogen (secondary N) is 2. The van der Waals surface area contributed by atoms with E-state index in [1.54, 1.807) is 30.3 Å². The second-order valence-corrected chi connectivity index (χ2v) is 5.00. The maximum Gasteiger partial charge on any atom is 0.269 e. The standard InChI is InChI=1S/C18H18N2O2/c1-13-8-9-15(14(2)12-13)10-11-17(21)19-20-18(22)16-6-4-3-5-7-16/h3-12H,1-2H3,(H,19,21)(H,20,22)/b11-10+. The molecule has 0 saturated carbocycles. The van der Waals surface area contributed by atoms with Crippen LogP contribution in [0.25, 0.3) is 6.08 Å². The first-order valence-corrected chi connectivity index (χ1v) is 6.97. The SMILES string of the molecule is Cc1ccc(/C=C/C(=O)NNC(=O)c2ccccc2)c(C)c1. The quantitative estimate of drug-likeness (QED) is 0.675. The summed E-state index contributed by atoms with van der Waals surface area (Å²) in [5, 5.41) is 0. The molecule has 0 aromatic heterocycles. The van der Waals surface area contributed by atoms with E-state index in [9.17, 15) is 9.59 Å². The van der Waals surface area contributed by atoms with Crippen LogP contribution in [0.4, 0.5) is 0 Å². The van der Waals surface area contributed by atoms with E-state index < -0.39 is 0 Å². The minimum atomic E-state index is -0.385. The van der Waals surface area contributed by atoms with E-state index >= 15 is 0 Å². The first kappa shape index (κ1) is 15.5. The van der Waals surface area contributed by atoms with Gasteiger partial charge in [-0.15, -0.1) is 0 Å². The molecule has 0 aliphatic carbocycles. The van der Waals surface area contributed by atoms with E-state index in [0.29, 0.717) is 5.56 Å². The number of rotatable bonds is 3. The predicted molar refractivity (Wildman–Crippen MR) is 87.0 cm³/mol. The molecule has 4 nitrogen and oxygen atoms in total. The molecule has 0 heterocycles. The fourth-order valence-corrected chi connectivity index (χ4v) is 2.00. The lowest BCUT2D eigenvalue weighted by Gasteiger charge is -2.05. The monoisotopic (exact) mass is 294 g/mol. The highest BCUT2D eigenvalue weighted by atomic mass is 16.2. The highest BCUT2D eigenvalue weighted by molar-refractivity contribution is 5.97. The van der Waals surface area contributed by atoms with Gasteiger partial charge in [-0.3, -0.25) is 20.4 Å². The number of carbonyl (C=O) groups is 2. The van der Waals surface area contributed by atoms with Crippen LogP contribution in [0.2, 0.25) is 0 Å². The zero-order chi connectivity index (χ0) is 15.9. The molecule has 0 unspecified atom stereocenters. The maximum absolute atomic E-state index is 11.8. The van der Waals surface area contributed by atoms with Crippen molar-refractivity contribution in [3.05, 3.63) is 76.9 Å². The molecule has 112 valence electrons. The average Bonchev–Trinajstić information content (AvgIpc) is 2.52. The fraction of sp³-hybridized carbons (Fsp3) is 0.111. The summed E-state index contributed by atoms with van der Waals surface area (Å²) >= 11 is 0. The Bertz CT molecular complexity index is 706. The van der Waals surface area contributed by atoms with Crippen LogP contribution in [-0.2, 0) is 4.79 Å². The first-order valence-electron chi connectivity index (χ1n) is 6.97. The molecule has 0 saturated heterocycles. The third-order valence-electron chi connectivity index (χ3n) is 3.17. The van der Waals surface area contributed by atoms with Gasteiger partial charge in [-0.2, -0.15) is 0 Å². The van der Waals surface area contributed by atoms with Gasteiger partial charge < -0.3 is 0 Å². The first-order chi connectivity index (χ1) is 10.6. The molecule has 2 rings (SSSR count). The Morgan fingerprint density at radius 2 is 1.68 bits per heavy atom. The number of hydrazine groups is 1. The van der Waals surface area contributed by atoms with Gasteiger partial charge in [0, 0.05) is 11.6 Å². The van der Waals surface area contributed by atoms with E-state index in [-0.39, 0.29) is 11.8 Å². The van der Waals surface area contributed by atoms with E-state index in [4.69, 9.17) is 0 Å². The van der Waals surface area contributed by atoms with Crippen LogP contribution in [0.1, 0.15) is 27.0 Å². The highest BCUT2D eigenvalue weighted by Crippen LogP contribution is 2.11. The van der Waals surface area contributed by atoms with Gasteiger partial charge in [-0.25, -0.2) is 0 Å². The molecule has 0 fully saturated rings. The lowest BCUT2D eigenvalue weighted by atomic mass is 10.1. The summed E-state index contributed by atoms with van der Waals surface area (Å²) in [6.07, 6.45) is 3.11. The molecular formula is C18H18N2O2. The van der Waals surface area contributed by atoms with E-state index in [1.807, 2.05) is 32.0 Å². The summed E-state index contributed by atoms with van der Waals surface area (Å²) in [4.78, 5) is 23.5. The Kier molecular flexibility index (Phi) is 5.09. The van der Waals surface area contributed by atoms with Gasteiger partial charge in [0.05, 0.1) is 0 Å². The number of amides is 2. The Morgan fingerprint density at radius 3 is 2.36 bits per heavy atom. The van der Waals surface area contributed by atoms with Crippen molar-refractivity contribution >= 4 is 17.9 Å². The average molecular weight is 294 g/mol. The lowest BCUT2D eigenvalue weighted by molar-refractivity contribution is -0.117. The smallest absolute Gasteiger partial charge is 0.268 e. The second-order valence-electron chi connectivity index (χ2n) is 5.00. The molecule has 22 heavy (non-hydrogen) atoms. The Hall–Kier alpha value is -2.88. The molecule has 2 aromatic rings. The van der Waals surface area contributed by atoms with Crippen molar-refractivity contribution in [3.63, 3.8) is 0 Å². The zero-order valence-corrected chi connectivity index (χ0v) is 12.6. The van der Waals surface area contributed by atoms with Crippen LogP contribution in [0.15, 0.2) is 54.6 Å². The summed E-state index contributed by atoms with van der Waals surface area (Å²) in [5.74, 6) is -0.738. The van der Waals surface area contributed by atoms with Crippen molar-refractivity contribution in [1.29, 1.82) is 0 Å². The molecule has 0 aliphatic heterocycles. The van der Waals surface area contributed by atoms with E-state index in [0.717, 1.165) is 11.1 Å². The highest BCUT2D eigenvalue weighted by Gasteiger charge is 2.04. The number of hydrogen-bond acceptors (Lipinski definition) is 2. The molecular weight excluding hydrogens is 276 g/mol. The summed E-state index contributed by atoms with van der Waals surface area (Å²) in [6.45, 7) is 4.01. The van der Waals surface area contributed by atoms with Gasteiger partial charge in [-0.05, 0) is 43.2 Å². The zero-order valence-electron chi connectivity index (χ0n) is 12.6. The molecule has 2 amide bonds. The minimum absolute atomic E-state index is 0.353. The molecule has 0 atom stereocenters. The minimum Gasteiger partial charge on any atom is -0.268 e. The third kappa shape index (κ3) is 4.31. The molecule has 0 aliphatic rings. The summed E-state index contributed by atoms with van der Waals surface area (Å²) in [7, 11) is 0. The summed E-state index contributed by atoms with van der Waals surface area (Å²) in [6, 6.07) is 14.7. The van der Waals surface area contributed by atoms with Crippen LogP contribution in [-0.4, -0.2) is 11.8 Å². The summed E-state index contributed by atoms with van der Waals surface area (Å²) < 4.78 is 0. The Labute approximate surface area is 129 Å².